The molecule has 17 heavy (non-hydrogen) atoms. The van der Waals surface area contributed by atoms with E-state index in [2.05, 4.69) is 25.7 Å². The molecule has 0 fully saturated rings. The molecule has 0 unspecified atom stereocenters. The van der Waals surface area contributed by atoms with E-state index in [0.717, 1.165) is 0 Å². The maximum atomic E-state index is 12.6. The number of alkyl halides is 3. The van der Waals surface area contributed by atoms with Crippen molar-refractivity contribution in [3.8, 4) is 0 Å². The van der Waals surface area contributed by atoms with E-state index in [1.165, 1.54) is 6.07 Å². The summed E-state index contributed by atoms with van der Waals surface area (Å²) in [5, 5.41) is 0.0585. The fraction of sp³-hybridized carbons (Fsp3) is 0.400. The highest BCUT2D eigenvalue weighted by molar-refractivity contribution is 9.08. The molecular weight excluding hydrogens is 300 g/mol. The topological polar surface area (TPSA) is 59.2 Å². The van der Waals surface area contributed by atoms with Gasteiger partial charge in [-0.05, 0) is 18.6 Å². The summed E-state index contributed by atoms with van der Waals surface area (Å²) >= 11 is 2.99. The Morgan fingerprint density at radius 1 is 1.59 bits per heavy atom. The second kappa shape index (κ2) is 5.90. The number of aromatic amines is 1. The lowest BCUT2D eigenvalue weighted by Gasteiger charge is -2.08. The van der Waals surface area contributed by atoms with E-state index < -0.39 is 23.5 Å². The predicted molar refractivity (Wildman–Crippen MR) is 60.6 cm³/mol. The molecule has 0 spiro atoms. The molecule has 4 nitrogen and oxygen atoms in total. The molecule has 0 saturated heterocycles. The van der Waals surface area contributed by atoms with Gasteiger partial charge in [-0.1, -0.05) is 15.9 Å². The lowest BCUT2D eigenvalue weighted by atomic mass is 10.1. The van der Waals surface area contributed by atoms with Gasteiger partial charge in [0.25, 0.3) is 12.0 Å². The zero-order chi connectivity index (χ0) is 13.0. The summed E-state index contributed by atoms with van der Waals surface area (Å²) in [6.07, 6.45) is -2.89. The molecule has 1 N–H and O–H groups in total. The van der Waals surface area contributed by atoms with Gasteiger partial charge in [0.15, 0.2) is 0 Å². The Balaban J connectivity index is 3.27. The van der Waals surface area contributed by atoms with Crippen LogP contribution in [0.3, 0.4) is 0 Å². The molecule has 0 aromatic carbocycles. The number of hydrogen-bond donors (Lipinski definition) is 1. The number of ether oxygens (including phenoxy) is 1. The van der Waals surface area contributed by atoms with E-state index in [4.69, 9.17) is 0 Å². The van der Waals surface area contributed by atoms with Gasteiger partial charge in [-0.25, -0.2) is 13.6 Å². The highest BCUT2D eigenvalue weighted by atomic mass is 79.9. The average Bonchev–Trinajstić information content (AvgIpc) is 2.27. The van der Waals surface area contributed by atoms with E-state index >= 15 is 0 Å². The third-order valence-corrected chi connectivity index (χ3v) is 2.62. The largest absolute Gasteiger partial charge is 0.461 e. The minimum absolute atomic E-state index is 0.0585. The molecule has 1 rings (SSSR count). The Bertz CT molecular complexity index is 473. The van der Waals surface area contributed by atoms with E-state index in [1.807, 2.05) is 0 Å². The average molecular weight is 310 g/mol. The Morgan fingerprint density at radius 3 is 2.71 bits per heavy atom. The highest BCUT2D eigenvalue weighted by Gasteiger charge is 2.20. The number of carbonyl (C=O) groups excluding carboxylic acids is 1. The maximum Gasteiger partial charge on any atom is 0.354 e. The lowest BCUT2D eigenvalue weighted by molar-refractivity contribution is 0.0518. The molecule has 0 aliphatic rings. The molecule has 0 saturated carbocycles. The van der Waals surface area contributed by atoms with Gasteiger partial charge in [0.05, 0.1) is 12.2 Å². The molecule has 0 bridgehead atoms. The summed E-state index contributed by atoms with van der Waals surface area (Å²) in [6.45, 7) is 1.75. The van der Waals surface area contributed by atoms with Gasteiger partial charge < -0.3 is 9.72 Å². The van der Waals surface area contributed by atoms with Crippen molar-refractivity contribution >= 4 is 21.9 Å². The zero-order valence-corrected chi connectivity index (χ0v) is 10.5. The first-order chi connectivity index (χ1) is 8.01. The fourth-order valence-corrected chi connectivity index (χ4v) is 1.76. The van der Waals surface area contributed by atoms with Gasteiger partial charge in [-0.2, -0.15) is 0 Å². The van der Waals surface area contributed by atoms with Crippen molar-refractivity contribution in [2.45, 2.75) is 18.7 Å². The first kappa shape index (κ1) is 13.8. The molecule has 0 atom stereocenters. The number of hydrogen-bond acceptors (Lipinski definition) is 3. The van der Waals surface area contributed by atoms with Gasteiger partial charge in [0, 0.05) is 5.33 Å². The molecule has 0 aliphatic heterocycles. The summed E-state index contributed by atoms with van der Waals surface area (Å²) in [7, 11) is 0. The molecule has 0 radical (unpaired) electrons. The summed E-state index contributed by atoms with van der Waals surface area (Å²) in [5.74, 6) is -0.743. The summed E-state index contributed by atoms with van der Waals surface area (Å²) in [5.41, 5.74) is -1.66. The Kier molecular flexibility index (Phi) is 4.80. The van der Waals surface area contributed by atoms with Gasteiger partial charge in [-0.15, -0.1) is 0 Å². The van der Waals surface area contributed by atoms with Crippen LogP contribution >= 0.6 is 15.9 Å². The molecule has 94 valence electrons. The van der Waals surface area contributed by atoms with Crippen molar-refractivity contribution in [3.05, 3.63) is 33.2 Å². The zero-order valence-electron chi connectivity index (χ0n) is 8.93. The maximum absolute atomic E-state index is 12.6. The van der Waals surface area contributed by atoms with E-state index in [1.54, 1.807) is 6.92 Å². The third-order valence-electron chi connectivity index (χ3n) is 2.01. The van der Waals surface area contributed by atoms with Gasteiger partial charge >= 0.3 is 5.97 Å². The molecule has 0 aliphatic carbocycles. The molecule has 1 heterocycles. The van der Waals surface area contributed by atoms with E-state index in [9.17, 15) is 18.4 Å². The Labute approximate surface area is 104 Å². The second-order valence-electron chi connectivity index (χ2n) is 3.11. The first-order valence-corrected chi connectivity index (χ1v) is 5.90. The molecule has 7 heteroatoms. The highest BCUT2D eigenvalue weighted by Crippen LogP contribution is 2.21. The van der Waals surface area contributed by atoms with Gasteiger partial charge in [0.1, 0.15) is 5.69 Å². The van der Waals surface area contributed by atoms with Crippen molar-refractivity contribution < 1.29 is 18.3 Å². The van der Waals surface area contributed by atoms with Crippen molar-refractivity contribution in [1.82, 2.24) is 4.98 Å². The van der Waals surface area contributed by atoms with Crippen LogP contribution in [0.5, 0.6) is 0 Å². The number of H-pyrrole nitrogens is 1. The van der Waals surface area contributed by atoms with Crippen molar-refractivity contribution in [3.63, 3.8) is 0 Å². The normalized spacial score (nSPS) is 10.6. The molecule has 0 amide bonds. The van der Waals surface area contributed by atoms with Crippen LogP contribution in [0.25, 0.3) is 0 Å². The fourth-order valence-electron chi connectivity index (χ4n) is 1.29. The van der Waals surface area contributed by atoms with Gasteiger partial charge in [-0.3, -0.25) is 4.79 Å². The summed E-state index contributed by atoms with van der Waals surface area (Å²) in [4.78, 5) is 24.8. The van der Waals surface area contributed by atoms with Crippen molar-refractivity contribution in [1.29, 1.82) is 0 Å². The summed E-state index contributed by atoms with van der Waals surface area (Å²) in [6, 6.07) is 1.19. The summed E-state index contributed by atoms with van der Waals surface area (Å²) < 4.78 is 29.9. The lowest BCUT2D eigenvalue weighted by Crippen LogP contribution is -2.21. The number of esters is 1. The van der Waals surface area contributed by atoms with Crippen LogP contribution in [0.15, 0.2) is 10.9 Å². The smallest absolute Gasteiger partial charge is 0.354 e. The third kappa shape index (κ3) is 3.12. The predicted octanol–water partition coefficient (Wildman–Crippen LogP) is 2.38. The molecular formula is C10H10BrF2NO3. The van der Waals surface area contributed by atoms with Crippen LogP contribution in [0.1, 0.15) is 35.0 Å². The first-order valence-electron chi connectivity index (χ1n) is 4.78. The van der Waals surface area contributed by atoms with Crippen LogP contribution in [0, 0.1) is 0 Å². The quantitative estimate of drug-likeness (QED) is 0.686. The number of nitrogens with one attached hydrogen (secondary N) is 1. The minimum Gasteiger partial charge on any atom is -0.461 e. The van der Waals surface area contributed by atoms with Crippen LogP contribution < -0.4 is 5.56 Å². The van der Waals surface area contributed by atoms with E-state index in [-0.39, 0.29) is 23.2 Å². The number of carbonyl (C=O) groups is 1. The monoisotopic (exact) mass is 309 g/mol. The Morgan fingerprint density at radius 2 is 2.24 bits per heavy atom. The Hall–Kier alpha value is -1.24. The van der Waals surface area contributed by atoms with E-state index in [0.29, 0.717) is 0 Å². The van der Waals surface area contributed by atoms with Crippen molar-refractivity contribution in [2.24, 2.45) is 0 Å². The number of halogens is 3. The molecule has 1 aromatic rings. The number of rotatable bonds is 4. The SMILES string of the molecule is CCOC(=O)c1cc(CBr)c(C(F)F)c(=O)[nH]1. The number of aromatic nitrogens is 1. The van der Waals surface area contributed by atoms with Crippen LogP contribution in [0.4, 0.5) is 8.78 Å². The van der Waals surface area contributed by atoms with Crippen LogP contribution in [0.2, 0.25) is 0 Å². The van der Waals surface area contributed by atoms with Crippen LogP contribution in [-0.2, 0) is 10.1 Å². The number of pyridine rings is 1. The standard InChI is InChI=1S/C10H10BrF2NO3/c1-2-17-10(16)6-3-5(4-11)7(8(12)13)9(15)14-6/h3,8H,2,4H2,1H3,(H,14,15). The minimum atomic E-state index is -2.89. The molecule has 1 aromatic heterocycles. The van der Waals surface area contributed by atoms with Gasteiger partial charge in [0.2, 0.25) is 0 Å². The second-order valence-corrected chi connectivity index (χ2v) is 3.67. The van der Waals surface area contributed by atoms with Crippen LogP contribution in [-0.4, -0.2) is 17.6 Å². The van der Waals surface area contributed by atoms with Crippen molar-refractivity contribution in [2.75, 3.05) is 6.61 Å².